The molecule has 626 valence electrons. The maximum absolute atomic E-state index is 15.1. The first-order valence-corrected chi connectivity index (χ1v) is 46.5. The van der Waals surface area contributed by atoms with Gasteiger partial charge in [0.15, 0.2) is 23.0 Å². The van der Waals surface area contributed by atoms with Crippen LogP contribution >= 0.6 is 0 Å². The van der Waals surface area contributed by atoms with Crippen LogP contribution in [0.15, 0.2) is 60.7 Å². The first-order valence-electron chi connectivity index (χ1n) is 46.5. The van der Waals surface area contributed by atoms with Crippen LogP contribution in [0.1, 0.15) is 448 Å². The molecule has 110 heavy (non-hydrogen) atoms. The standard InChI is InChI=1S/C98H164N2O10/c1-7-13-19-25-31-37-43-49-55-61-71-103-91-77-83(78-92(104-72-62-56-50-44-38-32-26-20-14-8-2)95(91)107-75-65-59-53-47-41-35-29-23-17-11-5)97(101)109-89-81-85(99)67-69-87(89)88-70-68-86(100)82-90(88)110-98(102)84-79-93(105-73-63-57-51-45-39-33-27-21-15-9-3)96(108-76-66-60-54-48-42-36-30-24-18-12-6)94(80-84)106-74-64-58-52-46-40-34-28-22-16-10-4/h67-70,77-82H,7-66,71-76,99-100H2,1-6H3. The summed E-state index contributed by atoms with van der Waals surface area (Å²) in [4.78, 5) is 30.2. The Morgan fingerprint density at radius 2 is 0.391 bits per heavy atom. The summed E-state index contributed by atoms with van der Waals surface area (Å²) in [5.74, 6) is 2.01. The van der Waals surface area contributed by atoms with E-state index in [-0.39, 0.29) is 22.6 Å². The second-order valence-electron chi connectivity index (χ2n) is 32.1. The number of rotatable bonds is 77. The van der Waals surface area contributed by atoms with Gasteiger partial charge in [-0.15, -0.1) is 0 Å². The van der Waals surface area contributed by atoms with E-state index in [1.165, 1.54) is 283 Å². The number of hydrogen-bond acceptors (Lipinski definition) is 12. The Morgan fingerprint density at radius 3 is 0.582 bits per heavy atom. The van der Waals surface area contributed by atoms with Gasteiger partial charge >= 0.3 is 11.9 Å². The highest BCUT2D eigenvalue weighted by molar-refractivity contribution is 5.96. The molecule has 0 aliphatic rings. The number of hydrogen-bond donors (Lipinski definition) is 2. The molecule has 0 radical (unpaired) electrons. The number of carbonyl (C=O) groups is 2. The van der Waals surface area contributed by atoms with E-state index in [2.05, 4.69) is 41.5 Å². The second kappa shape index (κ2) is 67.7. The molecule has 0 aromatic heterocycles. The van der Waals surface area contributed by atoms with E-state index in [4.69, 9.17) is 49.4 Å². The van der Waals surface area contributed by atoms with Gasteiger partial charge in [-0.1, -0.05) is 388 Å². The number of anilines is 2. The zero-order valence-electron chi connectivity index (χ0n) is 71.7. The molecule has 0 heterocycles. The lowest BCUT2D eigenvalue weighted by Gasteiger charge is -2.20. The number of benzene rings is 4. The average Bonchev–Trinajstić information content (AvgIpc) is 0.799. The highest BCUT2D eigenvalue weighted by Crippen LogP contribution is 2.44. The van der Waals surface area contributed by atoms with Crippen molar-refractivity contribution in [1.82, 2.24) is 0 Å². The summed E-state index contributed by atoms with van der Waals surface area (Å²) in [6.07, 6.45) is 72.8. The highest BCUT2D eigenvalue weighted by Gasteiger charge is 2.26. The number of nitrogens with two attached hydrogens (primary N) is 2. The molecule has 12 heteroatoms. The van der Waals surface area contributed by atoms with Crippen LogP contribution in [0.5, 0.6) is 46.0 Å². The van der Waals surface area contributed by atoms with Crippen LogP contribution in [0.2, 0.25) is 0 Å². The van der Waals surface area contributed by atoms with Crippen molar-refractivity contribution in [3.05, 3.63) is 71.8 Å². The third kappa shape index (κ3) is 46.4. The largest absolute Gasteiger partial charge is 0.490 e. The van der Waals surface area contributed by atoms with Crippen LogP contribution < -0.4 is 49.4 Å². The predicted molar refractivity (Wildman–Crippen MR) is 468 cm³/mol. The van der Waals surface area contributed by atoms with Crippen molar-refractivity contribution >= 4 is 23.3 Å². The number of unbranched alkanes of at least 4 members (excludes halogenated alkanes) is 54. The normalized spacial score (nSPS) is 11.4. The van der Waals surface area contributed by atoms with Crippen LogP contribution in [-0.2, 0) is 0 Å². The van der Waals surface area contributed by atoms with E-state index >= 15 is 9.59 Å². The quantitative estimate of drug-likeness (QED) is 0.0187. The van der Waals surface area contributed by atoms with Crippen molar-refractivity contribution in [3.63, 3.8) is 0 Å². The molecule has 0 amide bonds. The summed E-state index contributed by atoms with van der Waals surface area (Å²) >= 11 is 0. The van der Waals surface area contributed by atoms with E-state index in [1.807, 2.05) is 0 Å². The van der Waals surface area contributed by atoms with Gasteiger partial charge in [-0.05, 0) is 87.1 Å². The first kappa shape index (κ1) is 96.6. The Morgan fingerprint density at radius 1 is 0.218 bits per heavy atom. The Hall–Kier alpha value is -5.78. The van der Waals surface area contributed by atoms with E-state index in [0.29, 0.717) is 96.6 Å². The Labute approximate surface area is 674 Å². The molecule has 4 aromatic rings. The smallest absolute Gasteiger partial charge is 0.343 e. The van der Waals surface area contributed by atoms with Gasteiger partial charge in [-0.25, -0.2) is 9.59 Å². The molecular weight excluding hydrogens is 1370 g/mol. The predicted octanol–water partition coefficient (Wildman–Crippen LogP) is 30.8. The van der Waals surface area contributed by atoms with Gasteiger partial charge in [-0.3, -0.25) is 0 Å². The van der Waals surface area contributed by atoms with Crippen molar-refractivity contribution in [3.8, 4) is 57.1 Å². The van der Waals surface area contributed by atoms with Crippen molar-refractivity contribution in [1.29, 1.82) is 0 Å². The molecule has 0 spiro atoms. The molecule has 0 fully saturated rings. The van der Waals surface area contributed by atoms with Gasteiger partial charge in [-0.2, -0.15) is 0 Å². The zero-order valence-corrected chi connectivity index (χ0v) is 71.7. The van der Waals surface area contributed by atoms with Crippen LogP contribution in [0.4, 0.5) is 11.4 Å². The van der Waals surface area contributed by atoms with E-state index < -0.39 is 11.9 Å². The molecule has 0 saturated carbocycles. The monoisotopic (exact) mass is 1530 g/mol. The van der Waals surface area contributed by atoms with E-state index in [0.717, 1.165) is 103 Å². The lowest BCUT2D eigenvalue weighted by Crippen LogP contribution is -2.13. The molecule has 4 N–H and O–H groups in total. The minimum absolute atomic E-state index is 0.174. The minimum atomic E-state index is -0.634. The molecule has 0 atom stereocenters. The van der Waals surface area contributed by atoms with Crippen molar-refractivity contribution in [2.24, 2.45) is 0 Å². The van der Waals surface area contributed by atoms with Gasteiger partial charge in [0.2, 0.25) is 11.5 Å². The first-order chi connectivity index (χ1) is 54.2. The molecule has 12 nitrogen and oxygen atoms in total. The fourth-order valence-corrected chi connectivity index (χ4v) is 14.7. The Kier molecular flexibility index (Phi) is 59.4. The Bertz CT molecular complexity index is 2590. The van der Waals surface area contributed by atoms with Crippen LogP contribution in [0, 0.1) is 0 Å². The summed E-state index contributed by atoms with van der Waals surface area (Å²) in [5.41, 5.74) is 15.4. The second-order valence-corrected chi connectivity index (χ2v) is 32.1. The fraction of sp³-hybridized carbons (Fsp3) is 0.735. The molecular formula is C98H164N2O10. The molecule has 4 rings (SSSR count). The van der Waals surface area contributed by atoms with Gasteiger partial charge in [0.1, 0.15) is 11.5 Å². The van der Waals surface area contributed by atoms with Gasteiger partial charge in [0.05, 0.1) is 50.8 Å². The number of esters is 2. The van der Waals surface area contributed by atoms with Gasteiger partial charge in [0, 0.05) is 34.6 Å². The number of carbonyl (C=O) groups excluding carboxylic acids is 2. The maximum atomic E-state index is 15.1. The van der Waals surface area contributed by atoms with Crippen LogP contribution in [0.25, 0.3) is 11.1 Å². The maximum Gasteiger partial charge on any atom is 0.343 e. The lowest BCUT2D eigenvalue weighted by molar-refractivity contribution is 0.0722. The topological polar surface area (TPSA) is 160 Å². The zero-order chi connectivity index (χ0) is 78.6. The van der Waals surface area contributed by atoms with Crippen molar-refractivity contribution < 1.29 is 47.5 Å². The molecule has 0 unspecified atom stereocenters. The molecule has 0 aliphatic heterocycles. The van der Waals surface area contributed by atoms with E-state index in [9.17, 15) is 0 Å². The minimum Gasteiger partial charge on any atom is -0.490 e. The summed E-state index contributed by atoms with van der Waals surface area (Å²) in [6.45, 7) is 16.5. The summed E-state index contributed by atoms with van der Waals surface area (Å²) in [7, 11) is 0. The summed E-state index contributed by atoms with van der Waals surface area (Å²) in [5, 5.41) is 0. The van der Waals surface area contributed by atoms with Crippen molar-refractivity contribution in [2.75, 3.05) is 51.1 Å². The summed E-state index contributed by atoms with van der Waals surface area (Å²) < 4.78 is 53.4. The lowest BCUT2D eigenvalue weighted by atomic mass is 10.0. The summed E-state index contributed by atoms with van der Waals surface area (Å²) in [6, 6.07) is 17.3. The highest BCUT2D eigenvalue weighted by atomic mass is 16.6. The van der Waals surface area contributed by atoms with Crippen molar-refractivity contribution in [2.45, 2.75) is 427 Å². The third-order valence-corrected chi connectivity index (χ3v) is 21.7. The number of ether oxygens (including phenoxy) is 8. The molecule has 0 aliphatic carbocycles. The molecule has 0 saturated heterocycles. The SMILES string of the molecule is CCCCCCCCCCCCOc1cc(C(=O)Oc2cc(N)ccc2-c2ccc(N)cc2OC(=O)c2cc(OCCCCCCCCCCCC)c(OCCCCCCCCCCCC)c(OCCCCCCCCCCCC)c2)cc(OCCCCCCCCCCCC)c1OCCCCCCCCCCCC. The van der Waals surface area contributed by atoms with Crippen LogP contribution in [-0.4, -0.2) is 51.6 Å². The molecule has 4 aromatic carbocycles. The average molecular weight is 1530 g/mol. The Balaban J connectivity index is 1.69. The number of nitrogen functional groups attached to an aromatic ring is 2. The fourth-order valence-electron chi connectivity index (χ4n) is 14.7. The van der Waals surface area contributed by atoms with Gasteiger partial charge < -0.3 is 49.4 Å². The van der Waals surface area contributed by atoms with Crippen LogP contribution in [0.3, 0.4) is 0 Å². The molecule has 0 bridgehead atoms. The van der Waals surface area contributed by atoms with E-state index in [1.54, 1.807) is 60.7 Å². The third-order valence-electron chi connectivity index (χ3n) is 21.7. The van der Waals surface area contributed by atoms with Gasteiger partial charge in [0.25, 0.3) is 0 Å².